The summed E-state index contributed by atoms with van der Waals surface area (Å²) in [5.74, 6) is -0.654. The van der Waals surface area contributed by atoms with E-state index in [0.29, 0.717) is 12.8 Å². The Morgan fingerprint density at radius 1 is 1.20 bits per heavy atom. The topological polar surface area (TPSA) is 78.5 Å². The molecule has 0 bridgehead atoms. The number of nitrogens with zero attached hydrogens (tertiary/aromatic N) is 1. The highest BCUT2D eigenvalue weighted by atomic mass is 16.2. The van der Waals surface area contributed by atoms with Crippen LogP contribution in [-0.4, -0.2) is 34.8 Å². The van der Waals surface area contributed by atoms with Gasteiger partial charge in [-0.1, -0.05) is 26.0 Å². The monoisotopic (exact) mass is 343 g/mol. The molecule has 1 fully saturated rings. The fraction of sp³-hybridized carbons (Fsp3) is 0.526. The first kappa shape index (κ1) is 17.5. The number of amides is 4. The Labute approximate surface area is 148 Å². The van der Waals surface area contributed by atoms with E-state index in [2.05, 4.69) is 16.7 Å². The van der Waals surface area contributed by atoms with Crippen molar-refractivity contribution in [2.24, 2.45) is 0 Å². The van der Waals surface area contributed by atoms with Crippen LogP contribution in [0, 0.1) is 0 Å². The molecule has 134 valence electrons. The van der Waals surface area contributed by atoms with Gasteiger partial charge in [-0.2, -0.15) is 0 Å². The van der Waals surface area contributed by atoms with Crippen molar-refractivity contribution in [2.45, 2.75) is 57.9 Å². The zero-order chi connectivity index (χ0) is 18.0. The van der Waals surface area contributed by atoms with Crippen LogP contribution in [0.2, 0.25) is 0 Å². The van der Waals surface area contributed by atoms with Gasteiger partial charge in [0.15, 0.2) is 0 Å². The molecule has 3 rings (SSSR count). The van der Waals surface area contributed by atoms with Crippen LogP contribution in [0.1, 0.15) is 50.7 Å². The number of fused-ring (bicyclic) bond motifs is 1. The lowest BCUT2D eigenvalue weighted by atomic mass is 9.90. The highest BCUT2D eigenvalue weighted by Crippen LogP contribution is 2.28. The molecule has 4 amide bonds. The highest BCUT2D eigenvalue weighted by Gasteiger charge is 2.49. The lowest BCUT2D eigenvalue weighted by Gasteiger charge is -2.23. The van der Waals surface area contributed by atoms with Crippen molar-refractivity contribution < 1.29 is 14.4 Å². The second-order valence-corrected chi connectivity index (χ2v) is 6.81. The molecule has 1 aliphatic heterocycles. The Kier molecular flexibility index (Phi) is 4.79. The van der Waals surface area contributed by atoms with E-state index in [4.69, 9.17) is 0 Å². The van der Waals surface area contributed by atoms with Crippen LogP contribution in [-0.2, 0) is 22.4 Å². The van der Waals surface area contributed by atoms with Crippen LogP contribution >= 0.6 is 0 Å². The number of benzene rings is 1. The maximum atomic E-state index is 12.6. The minimum atomic E-state index is -0.872. The second kappa shape index (κ2) is 6.86. The molecule has 2 aliphatic rings. The molecule has 1 saturated heterocycles. The minimum Gasteiger partial charge on any atom is -0.324 e. The maximum Gasteiger partial charge on any atom is 0.325 e. The first-order chi connectivity index (χ1) is 12.0. The Morgan fingerprint density at radius 3 is 2.60 bits per heavy atom. The summed E-state index contributed by atoms with van der Waals surface area (Å²) < 4.78 is 0. The van der Waals surface area contributed by atoms with Crippen LogP contribution in [0.5, 0.6) is 0 Å². The van der Waals surface area contributed by atoms with Gasteiger partial charge in [0.1, 0.15) is 12.1 Å². The second-order valence-electron chi connectivity index (χ2n) is 6.81. The zero-order valence-electron chi connectivity index (χ0n) is 14.9. The van der Waals surface area contributed by atoms with Gasteiger partial charge in [0, 0.05) is 5.69 Å². The number of carbonyl (C=O) groups is 3. The van der Waals surface area contributed by atoms with Crippen molar-refractivity contribution in [3.63, 3.8) is 0 Å². The third-order valence-electron chi connectivity index (χ3n) is 5.42. The standard InChI is InChI=1S/C19H25N3O3/c1-3-19(4-2)17(24)22(18(25)21-19)12-16(23)20-15-11-7-9-13-8-5-6-10-14(13)15/h7,9,11H,3-6,8,10,12H2,1-2H3,(H,20,23)(H,21,25). The number of nitrogens with one attached hydrogen (secondary N) is 2. The predicted octanol–water partition coefficient (Wildman–Crippen LogP) is 2.61. The van der Waals surface area contributed by atoms with Crippen LogP contribution in [0.15, 0.2) is 18.2 Å². The number of carbonyl (C=O) groups excluding carboxylic acids is 3. The fourth-order valence-electron chi connectivity index (χ4n) is 3.78. The summed E-state index contributed by atoms with van der Waals surface area (Å²) in [6.07, 6.45) is 5.29. The van der Waals surface area contributed by atoms with Gasteiger partial charge >= 0.3 is 6.03 Å². The third kappa shape index (κ3) is 3.13. The van der Waals surface area contributed by atoms with Gasteiger partial charge in [0.05, 0.1) is 0 Å². The average molecular weight is 343 g/mol. The smallest absolute Gasteiger partial charge is 0.324 e. The van der Waals surface area contributed by atoms with E-state index in [1.165, 1.54) is 17.5 Å². The van der Waals surface area contributed by atoms with Crippen molar-refractivity contribution in [2.75, 3.05) is 11.9 Å². The predicted molar refractivity (Wildman–Crippen MR) is 95.3 cm³/mol. The summed E-state index contributed by atoms with van der Waals surface area (Å²) >= 11 is 0. The molecule has 1 heterocycles. The summed E-state index contributed by atoms with van der Waals surface area (Å²) in [5, 5.41) is 5.63. The van der Waals surface area contributed by atoms with Crippen LogP contribution < -0.4 is 10.6 Å². The summed E-state index contributed by atoms with van der Waals surface area (Å²) in [6, 6.07) is 5.43. The number of anilines is 1. The van der Waals surface area contributed by atoms with Crippen LogP contribution in [0.4, 0.5) is 10.5 Å². The van der Waals surface area contributed by atoms with Crippen molar-refractivity contribution >= 4 is 23.5 Å². The molecule has 6 heteroatoms. The van der Waals surface area contributed by atoms with Crippen molar-refractivity contribution in [1.82, 2.24) is 10.2 Å². The van der Waals surface area contributed by atoms with E-state index < -0.39 is 11.6 Å². The molecule has 2 N–H and O–H groups in total. The molecule has 6 nitrogen and oxygen atoms in total. The fourth-order valence-corrected chi connectivity index (χ4v) is 3.78. The Bertz CT molecular complexity index is 710. The number of aryl methyl sites for hydroxylation is 1. The van der Waals surface area contributed by atoms with E-state index in [9.17, 15) is 14.4 Å². The SMILES string of the molecule is CCC1(CC)NC(=O)N(CC(=O)Nc2cccc3c2CCCC3)C1=O. The number of imide groups is 1. The van der Waals surface area contributed by atoms with E-state index in [0.717, 1.165) is 29.8 Å². The van der Waals surface area contributed by atoms with Crippen molar-refractivity contribution in [1.29, 1.82) is 0 Å². The third-order valence-corrected chi connectivity index (χ3v) is 5.42. The molecule has 0 atom stereocenters. The zero-order valence-corrected chi connectivity index (χ0v) is 14.9. The van der Waals surface area contributed by atoms with E-state index >= 15 is 0 Å². The molecule has 25 heavy (non-hydrogen) atoms. The van der Waals surface area contributed by atoms with E-state index in [1.54, 1.807) is 0 Å². The Balaban J connectivity index is 1.72. The molecular weight excluding hydrogens is 318 g/mol. The van der Waals surface area contributed by atoms with Gasteiger partial charge in [-0.3, -0.25) is 14.5 Å². The van der Waals surface area contributed by atoms with Gasteiger partial charge < -0.3 is 10.6 Å². The number of hydrogen-bond donors (Lipinski definition) is 2. The molecule has 0 spiro atoms. The maximum absolute atomic E-state index is 12.6. The number of rotatable bonds is 5. The first-order valence-corrected chi connectivity index (χ1v) is 9.05. The summed E-state index contributed by atoms with van der Waals surface area (Å²) in [7, 11) is 0. The Hall–Kier alpha value is -2.37. The first-order valence-electron chi connectivity index (χ1n) is 9.05. The van der Waals surface area contributed by atoms with Gasteiger partial charge in [-0.25, -0.2) is 4.79 Å². The lowest BCUT2D eigenvalue weighted by Crippen LogP contribution is -2.46. The number of urea groups is 1. The summed E-state index contributed by atoms with van der Waals surface area (Å²) in [6.45, 7) is 3.47. The van der Waals surface area contributed by atoms with Crippen LogP contribution in [0.25, 0.3) is 0 Å². The van der Waals surface area contributed by atoms with E-state index in [1.807, 2.05) is 26.0 Å². The molecule has 1 aromatic rings. The summed E-state index contributed by atoms with van der Waals surface area (Å²) in [4.78, 5) is 38.2. The minimum absolute atomic E-state index is 0.254. The molecule has 0 radical (unpaired) electrons. The largest absolute Gasteiger partial charge is 0.325 e. The van der Waals surface area contributed by atoms with Gasteiger partial charge in [0.25, 0.3) is 5.91 Å². The molecular formula is C19H25N3O3. The average Bonchev–Trinajstić information content (AvgIpc) is 2.86. The van der Waals surface area contributed by atoms with Crippen molar-refractivity contribution in [3.05, 3.63) is 29.3 Å². The quantitative estimate of drug-likeness (QED) is 0.807. The lowest BCUT2D eigenvalue weighted by molar-refractivity contribution is -0.134. The Morgan fingerprint density at radius 2 is 1.92 bits per heavy atom. The van der Waals surface area contributed by atoms with Gasteiger partial charge in [-0.15, -0.1) is 0 Å². The highest BCUT2D eigenvalue weighted by molar-refractivity contribution is 6.10. The molecule has 0 saturated carbocycles. The number of hydrogen-bond acceptors (Lipinski definition) is 3. The van der Waals surface area contributed by atoms with Gasteiger partial charge in [0.2, 0.25) is 5.91 Å². The van der Waals surface area contributed by atoms with E-state index in [-0.39, 0.29) is 18.4 Å². The van der Waals surface area contributed by atoms with Crippen LogP contribution in [0.3, 0.4) is 0 Å². The normalized spacial score (nSPS) is 18.7. The molecule has 1 aromatic carbocycles. The van der Waals surface area contributed by atoms with Crippen molar-refractivity contribution in [3.8, 4) is 0 Å². The molecule has 0 unspecified atom stereocenters. The molecule has 0 aromatic heterocycles. The molecule has 1 aliphatic carbocycles. The van der Waals surface area contributed by atoms with Gasteiger partial charge in [-0.05, 0) is 55.7 Å². The summed E-state index contributed by atoms with van der Waals surface area (Å²) in [5.41, 5.74) is 2.38.